The van der Waals surface area contributed by atoms with E-state index >= 15 is 0 Å². The van der Waals surface area contributed by atoms with Gasteiger partial charge in [0.25, 0.3) is 5.69 Å². The molecule has 0 unspecified atom stereocenters. The van der Waals surface area contributed by atoms with Gasteiger partial charge in [-0.2, -0.15) is 0 Å². The van der Waals surface area contributed by atoms with Crippen LogP contribution in [0.15, 0.2) is 53.7 Å². The van der Waals surface area contributed by atoms with Crippen molar-refractivity contribution in [2.75, 3.05) is 7.11 Å². The normalized spacial score (nSPS) is 10.5. The van der Waals surface area contributed by atoms with Gasteiger partial charge < -0.3 is 9.57 Å². The van der Waals surface area contributed by atoms with Gasteiger partial charge in [0.1, 0.15) is 6.61 Å². The Kier molecular flexibility index (Phi) is 5.40. The third-order valence-electron chi connectivity index (χ3n) is 2.96. The molecule has 0 saturated carbocycles. The predicted octanol–water partition coefficient (Wildman–Crippen LogP) is 2.93. The van der Waals surface area contributed by atoms with Gasteiger partial charge in [-0.15, -0.1) is 0 Å². The smallest absolute Gasteiger partial charge is 0.337 e. The van der Waals surface area contributed by atoms with Crippen LogP contribution in [0.1, 0.15) is 21.5 Å². The number of oxime groups is 1. The minimum Gasteiger partial charge on any atom is -0.465 e. The van der Waals surface area contributed by atoms with Crippen molar-refractivity contribution < 1.29 is 19.3 Å². The highest BCUT2D eigenvalue weighted by molar-refractivity contribution is 5.89. The molecule has 2 aromatic carbocycles. The van der Waals surface area contributed by atoms with Crippen molar-refractivity contribution in [3.05, 3.63) is 75.3 Å². The van der Waals surface area contributed by atoms with Gasteiger partial charge in [-0.25, -0.2) is 4.79 Å². The van der Waals surface area contributed by atoms with Gasteiger partial charge >= 0.3 is 5.97 Å². The van der Waals surface area contributed by atoms with Gasteiger partial charge in [-0.05, 0) is 17.7 Å². The molecule has 0 heterocycles. The zero-order valence-corrected chi connectivity index (χ0v) is 12.3. The van der Waals surface area contributed by atoms with Crippen molar-refractivity contribution in [3.8, 4) is 0 Å². The van der Waals surface area contributed by atoms with E-state index in [4.69, 9.17) is 4.84 Å². The Morgan fingerprint density at radius 3 is 2.65 bits per heavy atom. The minimum atomic E-state index is -0.471. The molecule has 0 aliphatic rings. The van der Waals surface area contributed by atoms with Crippen LogP contribution in [0.3, 0.4) is 0 Å². The standard InChI is InChI=1S/C16H14N2O5/c1-22-16(19)14-7-5-12(6-8-14)11-23-17-10-13-3-2-4-15(9-13)18(20)21/h2-10H,11H2,1H3/b17-10-. The second kappa shape index (κ2) is 7.69. The second-order valence-electron chi connectivity index (χ2n) is 4.55. The molecule has 0 aromatic heterocycles. The lowest BCUT2D eigenvalue weighted by Gasteiger charge is -2.02. The number of esters is 1. The lowest BCUT2D eigenvalue weighted by molar-refractivity contribution is -0.384. The number of ether oxygens (including phenoxy) is 1. The molecule has 7 nitrogen and oxygen atoms in total. The maximum atomic E-state index is 11.3. The molecule has 0 fully saturated rings. The fourth-order valence-corrected chi connectivity index (χ4v) is 1.78. The predicted molar refractivity (Wildman–Crippen MR) is 83.3 cm³/mol. The van der Waals surface area contributed by atoms with Crippen molar-refractivity contribution in [3.63, 3.8) is 0 Å². The van der Waals surface area contributed by atoms with Gasteiger partial charge in [0.15, 0.2) is 0 Å². The van der Waals surface area contributed by atoms with Crippen LogP contribution in [0.4, 0.5) is 5.69 Å². The molecular weight excluding hydrogens is 300 g/mol. The van der Waals surface area contributed by atoms with E-state index in [9.17, 15) is 14.9 Å². The van der Waals surface area contributed by atoms with Crippen LogP contribution in [0.2, 0.25) is 0 Å². The van der Waals surface area contributed by atoms with E-state index < -0.39 is 10.9 Å². The maximum absolute atomic E-state index is 11.3. The van der Waals surface area contributed by atoms with Crippen LogP contribution in [0.25, 0.3) is 0 Å². The molecule has 2 rings (SSSR count). The quantitative estimate of drug-likeness (QED) is 0.354. The minimum absolute atomic E-state index is 0.00708. The number of hydrogen-bond acceptors (Lipinski definition) is 6. The molecule has 0 aliphatic carbocycles. The summed E-state index contributed by atoms with van der Waals surface area (Å²) < 4.78 is 4.61. The SMILES string of the molecule is COC(=O)c1ccc(CO/N=C\c2cccc([N+](=O)[O-])c2)cc1. The van der Waals surface area contributed by atoms with Crippen molar-refractivity contribution in [2.45, 2.75) is 6.61 Å². The highest BCUT2D eigenvalue weighted by Gasteiger charge is 2.05. The summed E-state index contributed by atoms with van der Waals surface area (Å²) in [6.07, 6.45) is 1.40. The summed E-state index contributed by atoms with van der Waals surface area (Å²) in [7, 11) is 1.32. The van der Waals surface area contributed by atoms with E-state index in [0.29, 0.717) is 11.1 Å². The Morgan fingerprint density at radius 1 is 1.26 bits per heavy atom. The number of benzene rings is 2. The van der Waals surface area contributed by atoms with E-state index in [2.05, 4.69) is 9.89 Å². The number of methoxy groups -OCH3 is 1. The van der Waals surface area contributed by atoms with Crippen molar-refractivity contribution in [1.82, 2.24) is 0 Å². The molecular formula is C16H14N2O5. The van der Waals surface area contributed by atoms with Crippen LogP contribution in [0, 0.1) is 10.1 Å². The first-order chi connectivity index (χ1) is 11.1. The molecule has 0 atom stereocenters. The summed E-state index contributed by atoms with van der Waals surface area (Å²) in [5.41, 5.74) is 1.85. The molecule has 118 valence electrons. The van der Waals surface area contributed by atoms with E-state index in [-0.39, 0.29) is 12.3 Å². The third-order valence-corrected chi connectivity index (χ3v) is 2.96. The first-order valence-electron chi connectivity index (χ1n) is 6.67. The Hall–Kier alpha value is -3.22. The van der Waals surface area contributed by atoms with Gasteiger partial charge in [0, 0.05) is 17.7 Å². The topological polar surface area (TPSA) is 91.0 Å². The molecule has 0 aliphatic heterocycles. The first-order valence-corrected chi connectivity index (χ1v) is 6.67. The Balaban J connectivity index is 1.90. The Labute approximate surface area is 132 Å². The van der Waals surface area contributed by atoms with Gasteiger partial charge in [0.05, 0.1) is 23.8 Å². The monoisotopic (exact) mass is 314 g/mol. The van der Waals surface area contributed by atoms with E-state index in [1.807, 2.05) is 0 Å². The van der Waals surface area contributed by atoms with Crippen molar-refractivity contribution in [2.24, 2.45) is 5.16 Å². The number of non-ortho nitro benzene ring substituents is 1. The fraction of sp³-hybridized carbons (Fsp3) is 0.125. The lowest BCUT2D eigenvalue weighted by atomic mass is 10.1. The highest BCUT2D eigenvalue weighted by atomic mass is 16.6. The Morgan fingerprint density at radius 2 is 2.00 bits per heavy atom. The number of nitrogens with zero attached hydrogens (tertiary/aromatic N) is 2. The molecule has 0 radical (unpaired) electrons. The summed E-state index contributed by atoms with van der Waals surface area (Å²) in [6.45, 7) is 0.215. The van der Waals surface area contributed by atoms with Crippen molar-refractivity contribution in [1.29, 1.82) is 0 Å². The van der Waals surface area contributed by atoms with E-state index in [0.717, 1.165) is 5.56 Å². The molecule has 2 aromatic rings. The summed E-state index contributed by atoms with van der Waals surface area (Å²) >= 11 is 0. The average Bonchev–Trinajstić information content (AvgIpc) is 2.59. The molecule has 0 bridgehead atoms. The molecule has 23 heavy (non-hydrogen) atoms. The second-order valence-corrected chi connectivity index (χ2v) is 4.55. The average molecular weight is 314 g/mol. The number of rotatable bonds is 6. The molecule has 0 N–H and O–H groups in total. The Bertz CT molecular complexity index is 726. The number of carbonyl (C=O) groups excluding carboxylic acids is 1. The largest absolute Gasteiger partial charge is 0.465 e. The van der Waals surface area contributed by atoms with E-state index in [1.54, 1.807) is 36.4 Å². The molecule has 7 heteroatoms. The zero-order valence-electron chi connectivity index (χ0n) is 12.3. The number of hydrogen-bond donors (Lipinski definition) is 0. The fourth-order valence-electron chi connectivity index (χ4n) is 1.78. The number of carbonyl (C=O) groups is 1. The number of nitro benzene ring substituents is 1. The summed E-state index contributed by atoms with van der Waals surface area (Å²) in [4.78, 5) is 26.6. The maximum Gasteiger partial charge on any atom is 0.337 e. The van der Waals surface area contributed by atoms with Crippen LogP contribution in [0.5, 0.6) is 0 Å². The van der Waals surface area contributed by atoms with Crippen LogP contribution in [-0.2, 0) is 16.2 Å². The summed E-state index contributed by atoms with van der Waals surface area (Å²) in [6, 6.07) is 12.8. The lowest BCUT2D eigenvalue weighted by Crippen LogP contribution is -2.01. The molecule has 0 spiro atoms. The van der Waals surface area contributed by atoms with E-state index in [1.165, 1.54) is 25.5 Å². The van der Waals surface area contributed by atoms with Crippen LogP contribution >= 0.6 is 0 Å². The zero-order chi connectivity index (χ0) is 16.7. The summed E-state index contributed by atoms with van der Waals surface area (Å²) in [5.74, 6) is -0.402. The first kappa shape index (κ1) is 16.2. The molecule has 0 saturated heterocycles. The van der Waals surface area contributed by atoms with Gasteiger partial charge in [-0.3, -0.25) is 10.1 Å². The number of nitro groups is 1. The van der Waals surface area contributed by atoms with Crippen molar-refractivity contribution >= 4 is 17.9 Å². The van der Waals surface area contributed by atoms with Gasteiger partial charge in [-0.1, -0.05) is 29.4 Å². The summed E-state index contributed by atoms with van der Waals surface area (Å²) in [5, 5.41) is 14.4. The highest BCUT2D eigenvalue weighted by Crippen LogP contribution is 2.12. The third kappa shape index (κ3) is 4.63. The van der Waals surface area contributed by atoms with Crippen LogP contribution in [-0.4, -0.2) is 24.2 Å². The molecule has 0 amide bonds. The van der Waals surface area contributed by atoms with Gasteiger partial charge in [0.2, 0.25) is 0 Å². The van der Waals surface area contributed by atoms with Crippen LogP contribution < -0.4 is 0 Å².